The molecule has 2 aliphatic rings. The van der Waals surface area contributed by atoms with Crippen molar-refractivity contribution in [1.82, 2.24) is 9.80 Å². The van der Waals surface area contributed by atoms with Crippen molar-refractivity contribution in [2.24, 2.45) is 0 Å². The van der Waals surface area contributed by atoms with Crippen molar-refractivity contribution in [3.63, 3.8) is 0 Å². The Balaban J connectivity index is 1.73. The van der Waals surface area contributed by atoms with E-state index in [0.29, 0.717) is 36.6 Å². The molecule has 3 amide bonds. The molecule has 0 bridgehead atoms. The van der Waals surface area contributed by atoms with Gasteiger partial charge in [-0.15, -0.1) is 0 Å². The van der Waals surface area contributed by atoms with Gasteiger partial charge in [-0.25, -0.2) is 0 Å². The zero-order valence-corrected chi connectivity index (χ0v) is 14.3. The monoisotopic (exact) mass is 350 g/mol. The fraction of sp³-hybridized carbons (Fsp3) is 0.438. The predicted molar refractivity (Wildman–Crippen MR) is 88.6 cm³/mol. The topological polar surface area (TPSA) is 76.2 Å². The summed E-state index contributed by atoms with van der Waals surface area (Å²) in [6.07, 6.45) is 0.608. The second-order valence-electron chi connectivity index (χ2n) is 5.58. The molecule has 1 unspecified atom stereocenters. The van der Waals surface area contributed by atoms with Crippen molar-refractivity contribution < 1.29 is 23.9 Å². The first-order valence-electron chi connectivity index (χ1n) is 7.55. The molecular weight excluding hydrogens is 332 g/mol. The maximum Gasteiger partial charge on any atom is 0.289 e. The summed E-state index contributed by atoms with van der Waals surface area (Å²) in [5.41, 5.74) is 0.488. The number of methoxy groups -OCH3 is 2. The van der Waals surface area contributed by atoms with Crippen molar-refractivity contribution in [3.8, 4) is 11.5 Å². The molecule has 1 aromatic carbocycles. The molecule has 0 aromatic heterocycles. The van der Waals surface area contributed by atoms with E-state index in [1.165, 1.54) is 19.1 Å². The van der Waals surface area contributed by atoms with E-state index in [-0.39, 0.29) is 28.8 Å². The molecule has 2 saturated heterocycles. The van der Waals surface area contributed by atoms with Gasteiger partial charge in [0.25, 0.3) is 11.1 Å². The summed E-state index contributed by atoms with van der Waals surface area (Å²) >= 11 is 1.02. The van der Waals surface area contributed by atoms with Gasteiger partial charge in [0, 0.05) is 18.7 Å². The van der Waals surface area contributed by atoms with Crippen LogP contribution in [0.1, 0.15) is 16.8 Å². The van der Waals surface area contributed by atoms with E-state index < -0.39 is 0 Å². The van der Waals surface area contributed by atoms with Crippen molar-refractivity contribution in [3.05, 3.63) is 23.8 Å². The molecule has 0 radical (unpaired) electrons. The third-order valence-corrected chi connectivity index (χ3v) is 5.07. The van der Waals surface area contributed by atoms with Gasteiger partial charge in [0.2, 0.25) is 5.91 Å². The zero-order valence-electron chi connectivity index (χ0n) is 13.5. The highest BCUT2D eigenvalue weighted by Crippen LogP contribution is 2.30. The summed E-state index contributed by atoms with van der Waals surface area (Å²) in [7, 11) is 3.05. The van der Waals surface area contributed by atoms with Crippen LogP contribution in [0.15, 0.2) is 18.2 Å². The van der Waals surface area contributed by atoms with Crippen LogP contribution in [-0.2, 0) is 4.79 Å². The number of hydrogen-bond donors (Lipinski definition) is 0. The van der Waals surface area contributed by atoms with Crippen LogP contribution >= 0.6 is 11.8 Å². The molecule has 24 heavy (non-hydrogen) atoms. The number of imide groups is 1. The zero-order chi connectivity index (χ0) is 17.3. The van der Waals surface area contributed by atoms with E-state index >= 15 is 0 Å². The van der Waals surface area contributed by atoms with Gasteiger partial charge in [0.05, 0.1) is 26.0 Å². The Hall–Kier alpha value is -2.22. The Morgan fingerprint density at radius 1 is 1.21 bits per heavy atom. The number of hydrogen-bond acceptors (Lipinski definition) is 6. The standard InChI is InChI=1S/C16H18N2O5S/c1-22-12-4-3-10(7-13(12)23-2)15(20)17-6-5-11(8-17)18-14(19)9-24-16(18)21/h3-4,7,11H,5-6,8-9H2,1-2H3. The molecule has 1 aromatic rings. The number of ether oxygens (including phenoxy) is 2. The van der Waals surface area contributed by atoms with Crippen molar-refractivity contribution in [2.45, 2.75) is 12.5 Å². The number of carbonyl (C=O) groups excluding carboxylic acids is 3. The molecule has 3 rings (SSSR count). The number of likely N-dealkylation sites (tertiary alicyclic amines) is 1. The minimum absolute atomic E-state index is 0.148. The van der Waals surface area contributed by atoms with E-state index in [4.69, 9.17) is 9.47 Å². The number of rotatable bonds is 4. The molecule has 0 spiro atoms. The van der Waals surface area contributed by atoms with Gasteiger partial charge in [0.1, 0.15) is 0 Å². The van der Waals surface area contributed by atoms with E-state index in [1.54, 1.807) is 23.1 Å². The lowest BCUT2D eigenvalue weighted by Crippen LogP contribution is -2.41. The van der Waals surface area contributed by atoms with E-state index in [2.05, 4.69) is 0 Å². The molecule has 2 heterocycles. The highest BCUT2D eigenvalue weighted by Gasteiger charge is 2.40. The summed E-state index contributed by atoms with van der Waals surface area (Å²) in [6.45, 7) is 0.880. The van der Waals surface area contributed by atoms with Crippen LogP contribution in [0.4, 0.5) is 4.79 Å². The van der Waals surface area contributed by atoms with Crippen molar-refractivity contribution >= 4 is 28.8 Å². The Morgan fingerprint density at radius 3 is 2.58 bits per heavy atom. The Labute approximate surface area is 143 Å². The second kappa shape index (κ2) is 6.72. The molecule has 7 nitrogen and oxygen atoms in total. The van der Waals surface area contributed by atoms with Crippen molar-refractivity contribution in [2.75, 3.05) is 33.1 Å². The van der Waals surface area contributed by atoms with Crippen LogP contribution < -0.4 is 9.47 Å². The Kier molecular flexibility index (Phi) is 4.66. The maximum absolute atomic E-state index is 12.7. The molecule has 8 heteroatoms. The number of thioether (sulfide) groups is 1. The van der Waals surface area contributed by atoms with Crippen LogP contribution in [-0.4, -0.2) is 66.0 Å². The van der Waals surface area contributed by atoms with Gasteiger partial charge in [-0.3, -0.25) is 19.3 Å². The first-order valence-corrected chi connectivity index (χ1v) is 8.54. The van der Waals surface area contributed by atoms with Crippen molar-refractivity contribution in [1.29, 1.82) is 0 Å². The van der Waals surface area contributed by atoms with Gasteiger partial charge in [0.15, 0.2) is 11.5 Å². The van der Waals surface area contributed by atoms with Crippen LogP contribution in [0.3, 0.4) is 0 Å². The molecule has 1 atom stereocenters. The smallest absolute Gasteiger partial charge is 0.289 e. The van der Waals surface area contributed by atoms with Crippen LogP contribution in [0, 0.1) is 0 Å². The van der Waals surface area contributed by atoms with Gasteiger partial charge in [-0.05, 0) is 24.6 Å². The lowest BCUT2D eigenvalue weighted by Gasteiger charge is -2.22. The van der Waals surface area contributed by atoms with E-state index in [9.17, 15) is 14.4 Å². The molecule has 2 fully saturated rings. The quantitative estimate of drug-likeness (QED) is 0.821. The largest absolute Gasteiger partial charge is 0.493 e. The summed E-state index contributed by atoms with van der Waals surface area (Å²) in [4.78, 5) is 39.3. The lowest BCUT2D eigenvalue weighted by atomic mass is 10.1. The number of carbonyl (C=O) groups is 3. The average molecular weight is 350 g/mol. The highest BCUT2D eigenvalue weighted by atomic mass is 32.2. The minimum Gasteiger partial charge on any atom is -0.493 e. The predicted octanol–water partition coefficient (Wildman–Crippen LogP) is 1.61. The van der Waals surface area contributed by atoms with Crippen LogP contribution in [0.2, 0.25) is 0 Å². The lowest BCUT2D eigenvalue weighted by molar-refractivity contribution is -0.126. The molecule has 0 N–H and O–H groups in total. The number of benzene rings is 1. The third-order valence-electron chi connectivity index (χ3n) is 4.23. The molecule has 2 aliphatic heterocycles. The van der Waals surface area contributed by atoms with Crippen LogP contribution in [0.25, 0.3) is 0 Å². The molecule has 0 saturated carbocycles. The SMILES string of the molecule is COc1ccc(C(=O)N2CCC(N3C(=O)CSC3=O)C2)cc1OC. The number of amides is 3. The Morgan fingerprint density at radius 2 is 1.96 bits per heavy atom. The third kappa shape index (κ3) is 2.93. The average Bonchev–Trinajstić information content (AvgIpc) is 3.20. The maximum atomic E-state index is 12.7. The number of nitrogens with zero attached hydrogens (tertiary/aromatic N) is 2. The fourth-order valence-corrected chi connectivity index (χ4v) is 3.78. The molecule has 128 valence electrons. The molecule has 0 aliphatic carbocycles. The second-order valence-corrected chi connectivity index (χ2v) is 6.51. The minimum atomic E-state index is -0.232. The van der Waals surface area contributed by atoms with Gasteiger partial charge in [-0.1, -0.05) is 11.8 Å². The molecular formula is C16H18N2O5S. The van der Waals surface area contributed by atoms with E-state index in [0.717, 1.165) is 11.8 Å². The summed E-state index contributed by atoms with van der Waals surface area (Å²) < 4.78 is 10.4. The Bertz CT molecular complexity index is 677. The van der Waals surface area contributed by atoms with Gasteiger partial charge in [-0.2, -0.15) is 0 Å². The van der Waals surface area contributed by atoms with E-state index in [1.807, 2.05) is 0 Å². The first-order chi connectivity index (χ1) is 11.5. The highest BCUT2D eigenvalue weighted by molar-refractivity contribution is 8.14. The van der Waals surface area contributed by atoms with Crippen LogP contribution in [0.5, 0.6) is 11.5 Å². The summed E-state index contributed by atoms with van der Waals surface area (Å²) in [5, 5.41) is -0.217. The summed E-state index contributed by atoms with van der Waals surface area (Å²) in [5.74, 6) is 0.915. The first kappa shape index (κ1) is 16.6. The van der Waals surface area contributed by atoms with Gasteiger partial charge >= 0.3 is 0 Å². The normalized spacial score (nSPS) is 20.7. The fourth-order valence-electron chi connectivity index (χ4n) is 3.01. The summed E-state index contributed by atoms with van der Waals surface area (Å²) in [6, 6.07) is 4.77. The van der Waals surface area contributed by atoms with Gasteiger partial charge < -0.3 is 14.4 Å².